The molecule has 47 valence electrons. The summed E-state index contributed by atoms with van der Waals surface area (Å²) < 4.78 is 0. The van der Waals surface area contributed by atoms with Crippen molar-refractivity contribution in [3.63, 3.8) is 0 Å². The van der Waals surface area contributed by atoms with Gasteiger partial charge in [-0.05, 0) is 0 Å². The van der Waals surface area contributed by atoms with E-state index in [4.69, 9.17) is 0 Å². The Bertz CT molecular complexity index is 175. The number of Topliss-reactive ketones (excluding diaryl/α,β-unsaturated/α-hetero) is 2. The maximum absolute atomic E-state index is 10.7. The quantitative estimate of drug-likeness (QED) is 0.304. The SMILES string of the molecule is O=C1CCC(=O)C1=C[Se]. The minimum atomic E-state index is -0.0289. The third-order valence-corrected chi connectivity index (χ3v) is 1.79. The fourth-order valence-electron chi connectivity index (χ4n) is 0.783. The molecule has 0 N–H and O–H groups in total. The molecule has 1 saturated carbocycles. The van der Waals surface area contributed by atoms with Crippen molar-refractivity contribution in [2.24, 2.45) is 0 Å². The van der Waals surface area contributed by atoms with Crippen LogP contribution in [0.15, 0.2) is 10.5 Å². The fraction of sp³-hybridized carbons (Fsp3) is 0.333. The Morgan fingerprint density at radius 2 is 1.67 bits per heavy atom. The zero-order valence-corrected chi connectivity index (χ0v) is 6.43. The van der Waals surface area contributed by atoms with Gasteiger partial charge in [-0.2, -0.15) is 0 Å². The summed E-state index contributed by atoms with van der Waals surface area (Å²) in [6, 6.07) is 0. The van der Waals surface area contributed by atoms with Crippen LogP contribution in [0.2, 0.25) is 0 Å². The molecule has 1 aliphatic carbocycles. The summed E-state index contributed by atoms with van der Waals surface area (Å²) in [4.78, 5) is 22.9. The van der Waals surface area contributed by atoms with Crippen molar-refractivity contribution < 1.29 is 9.59 Å². The summed E-state index contributed by atoms with van der Waals surface area (Å²) in [5, 5.41) is 0. The second-order valence-electron chi connectivity index (χ2n) is 1.88. The molecule has 0 aromatic heterocycles. The molecule has 0 spiro atoms. The molecule has 0 aromatic rings. The summed E-state index contributed by atoms with van der Waals surface area (Å²) in [5.41, 5.74) is 0.343. The van der Waals surface area contributed by atoms with Gasteiger partial charge >= 0.3 is 60.6 Å². The predicted molar refractivity (Wildman–Crippen MR) is 33.1 cm³/mol. The molecule has 0 unspecified atom stereocenters. The summed E-state index contributed by atoms with van der Waals surface area (Å²) in [6.45, 7) is 0. The van der Waals surface area contributed by atoms with Gasteiger partial charge in [0.2, 0.25) is 0 Å². The third kappa shape index (κ3) is 1.12. The molecular formula is C6H5O2Se. The zero-order valence-electron chi connectivity index (χ0n) is 4.72. The molecule has 1 rings (SSSR count). The molecule has 3 heteroatoms. The van der Waals surface area contributed by atoms with Gasteiger partial charge in [-0.15, -0.1) is 0 Å². The van der Waals surface area contributed by atoms with Gasteiger partial charge in [0.05, 0.1) is 0 Å². The van der Waals surface area contributed by atoms with E-state index >= 15 is 0 Å². The standard InChI is InChI=1S/C6H5O2Se/c7-5-1-2-6(8)4(5)3-9/h3H,1-2H2. The van der Waals surface area contributed by atoms with Crippen molar-refractivity contribution in [3.05, 3.63) is 10.5 Å². The Morgan fingerprint density at radius 1 is 1.22 bits per heavy atom. The van der Waals surface area contributed by atoms with Gasteiger partial charge in [-0.1, -0.05) is 0 Å². The van der Waals surface area contributed by atoms with E-state index in [0.29, 0.717) is 18.4 Å². The molecule has 0 aliphatic heterocycles. The summed E-state index contributed by atoms with van der Waals surface area (Å²) in [5.74, 6) is -0.0579. The molecule has 0 amide bonds. The maximum atomic E-state index is 10.7. The molecule has 1 radical (unpaired) electrons. The molecule has 0 heterocycles. The van der Waals surface area contributed by atoms with Crippen LogP contribution in [0.1, 0.15) is 12.8 Å². The Hall–Kier alpha value is -0.401. The van der Waals surface area contributed by atoms with Crippen molar-refractivity contribution in [2.75, 3.05) is 0 Å². The van der Waals surface area contributed by atoms with E-state index < -0.39 is 0 Å². The minimum absolute atomic E-state index is 0.0289. The number of carbonyl (C=O) groups excluding carboxylic acids is 2. The van der Waals surface area contributed by atoms with Crippen LogP contribution in [0.5, 0.6) is 0 Å². The Morgan fingerprint density at radius 3 is 1.89 bits per heavy atom. The van der Waals surface area contributed by atoms with Gasteiger partial charge in [-0.3, -0.25) is 0 Å². The van der Waals surface area contributed by atoms with Crippen molar-refractivity contribution in [2.45, 2.75) is 12.8 Å². The number of ketones is 2. The van der Waals surface area contributed by atoms with Gasteiger partial charge in [0.1, 0.15) is 0 Å². The van der Waals surface area contributed by atoms with Crippen LogP contribution in [0.3, 0.4) is 0 Å². The molecule has 1 fully saturated rings. The zero-order chi connectivity index (χ0) is 6.85. The molecular weight excluding hydrogens is 183 g/mol. The van der Waals surface area contributed by atoms with Gasteiger partial charge in [0.15, 0.2) is 0 Å². The Balaban J connectivity index is 2.91. The molecule has 1 aliphatic rings. The topological polar surface area (TPSA) is 34.1 Å². The first kappa shape index (κ1) is 6.72. The van der Waals surface area contributed by atoms with Crippen LogP contribution >= 0.6 is 0 Å². The Labute approximate surface area is 61.1 Å². The number of hydrogen-bond donors (Lipinski definition) is 0. The first-order chi connectivity index (χ1) is 4.25. The van der Waals surface area contributed by atoms with Crippen LogP contribution in [-0.4, -0.2) is 27.6 Å². The average Bonchev–Trinajstić information content (AvgIpc) is 2.12. The van der Waals surface area contributed by atoms with E-state index in [-0.39, 0.29) is 11.6 Å². The van der Waals surface area contributed by atoms with Crippen LogP contribution in [0.4, 0.5) is 0 Å². The third-order valence-electron chi connectivity index (χ3n) is 1.30. The molecule has 0 aromatic carbocycles. The second kappa shape index (κ2) is 2.46. The number of hydrogen-bond acceptors (Lipinski definition) is 2. The monoisotopic (exact) mass is 189 g/mol. The van der Waals surface area contributed by atoms with Gasteiger partial charge in [0, 0.05) is 0 Å². The molecule has 0 bridgehead atoms. The number of allylic oxidation sites excluding steroid dienone is 1. The van der Waals surface area contributed by atoms with Crippen molar-refractivity contribution >= 4 is 27.6 Å². The van der Waals surface area contributed by atoms with Crippen LogP contribution < -0.4 is 0 Å². The van der Waals surface area contributed by atoms with Crippen LogP contribution in [-0.2, 0) is 9.59 Å². The number of carbonyl (C=O) groups is 2. The van der Waals surface area contributed by atoms with Crippen LogP contribution in [0, 0.1) is 0 Å². The Kier molecular flexibility index (Phi) is 1.84. The predicted octanol–water partition coefficient (Wildman–Crippen LogP) is -0.0292. The van der Waals surface area contributed by atoms with E-state index in [0.717, 1.165) is 0 Å². The molecule has 2 nitrogen and oxygen atoms in total. The van der Waals surface area contributed by atoms with E-state index in [1.165, 1.54) is 4.97 Å². The van der Waals surface area contributed by atoms with Crippen molar-refractivity contribution in [3.8, 4) is 0 Å². The van der Waals surface area contributed by atoms with E-state index in [2.05, 4.69) is 16.0 Å². The fourth-order valence-corrected chi connectivity index (χ4v) is 1.33. The first-order valence-corrected chi connectivity index (χ1v) is 3.63. The summed E-state index contributed by atoms with van der Waals surface area (Å²) >= 11 is 2.54. The molecule has 0 atom stereocenters. The first-order valence-electron chi connectivity index (χ1n) is 2.64. The van der Waals surface area contributed by atoms with Gasteiger partial charge < -0.3 is 0 Å². The normalized spacial score (nSPS) is 18.9. The molecule has 9 heavy (non-hydrogen) atoms. The number of rotatable bonds is 0. The van der Waals surface area contributed by atoms with E-state index in [9.17, 15) is 9.59 Å². The van der Waals surface area contributed by atoms with Gasteiger partial charge in [-0.25, -0.2) is 0 Å². The van der Waals surface area contributed by atoms with Crippen molar-refractivity contribution in [1.29, 1.82) is 0 Å². The van der Waals surface area contributed by atoms with Crippen molar-refractivity contribution in [1.82, 2.24) is 0 Å². The van der Waals surface area contributed by atoms with Crippen LogP contribution in [0.25, 0.3) is 0 Å². The van der Waals surface area contributed by atoms with Gasteiger partial charge in [0.25, 0.3) is 0 Å². The van der Waals surface area contributed by atoms with E-state index in [1.807, 2.05) is 0 Å². The second-order valence-corrected chi connectivity index (χ2v) is 2.37. The average molecular weight is 188 g/mol. The van der Waals surface area contributed by atoms with E-state index in [1.54, 1.807) is 0 Å². The summed E-state index contributed by atoms with van der Waals surface area (Å²) in [6.07, 6.45) is 0.790. The molecule has 0 saturated heterocycles. The summed E-state index contributed by atoms with van der Waals surface area (Å²) in [7, 11) is 0.